The Labute approximate surface area is 128 Å². The second kappa shape index (κ2) is 6.07. The van der Waals surface area contributed by atoms with Crippen LogP contribution in [0.2, 0.25) is 0 Å². The van der Waals surface area contributed by atoms with Crippen molar-refractivity contribution < 1.29 is 9.26 Å². The molecule has 2 N–H and O–H groups in total. The first-order valence-corrected chi connectivity index (χ1v) is 8.07. The van der Waals surface area contributed by atoms with E-state index in [0.717, 1.165) is 36.3 Å². The zero-order valence-electron chi connectivity index (χ0n) is 12.0. The molecule has 1 aromatic carbocycles. The maximum Gasteiger partial charge on any atom is 0.237 e. The second-order valence-electron chi connectivity index (χ2n) is 5.34. The number of nitrogens with zero attached hydrogens (tertiary/aromatic N) is 2. The minimum absolute atomic E-state index is 0.387. The van der Waals surface area contributed by atoms with E-state index >= 15 is 0 Å². The van der Waals surface area contributed by atoms with Crippen LogP contribution in [-0.2, 0) is 11.3 Å². The molecule has 112 valence electrons. The monoisotopic (exact) mass is 305 g/mol. The smallest absolute Gasteiger partial charge is 0.237 e. The van der Waals surface area contributed by atoms with Crippen LogP contribution in [0.15, 0.2) is 33.7 Å². The van der Waals surface area contributed by atoms with E-state index in [-0.39, 0.29) is 5.54 Å². The van der Waals surface area contributed by atoms with Gasteiger partial charge in [0.2, 0.25) is 5.89 Å². The maximum atomic E-state index is 6.33. The lowest BCUT2D eigenvalue weighted by atomic mass is 9.99. The number of benzene rings is 1. The summed E-state index contributed by atoms with van der Waals surface area (Å²) in [6.07, 6.45) is 4.15. The van der Waals surface area contributed by atoms with Gasteiger partial charge in [0.1, 0.15) is 5.75 Å². The molecule has 1 saturated carbocycles. The molecule has 1 aliphatic carbocycles. The largest absolute Gasteiger partial charge is 0.497 e. The number of methoxy groups -OCH3 is 1. The van der Waals surface area contributed by atoms with Crippen molar-refractivity contribution in [1.29, 1.82) is 0 Å². The molecule has 0 atom stereocenters. The molecule has 0 amide bonds. The molecule has 3 rings (SSSR count). The van der Waals surface area contributed by atoms with Crippen molar-refractivity contribution >= 4 is 11.8 Å². The molecular weight excluding hydrogens is 286 g/mol. The third-order valence-electron chi connectivity index (χ3n) is 3.81. The summed E-state index contributed by atoms with van der Waals surface area (Å²) in [5.74, 6) is 2.75. The normalized spacial score (nSPS) is 17.0. The highest BCUT2D eigenvalue weighted by Crippen LogP contribution is 2.35. The van der Waals surface area contributed by atoms with Crippen LogP contribution in [0, 0.1) is 0 Å². The molecule has 1 heterocycles. The minimum Gasteiger partial charge on any atom is -0.497 e. The lowest BCUT2D eigenvalue weighted by Gasteiger charge is -2.17. The average Bonchev–Trinajstić information content (AvgIpc) is 3.15. The molecule has 0 saturated heterocycles. The fourth-order valence-corrected chi connectivity index (χ4v) is 3.36. The molecule has 2 aromatic rings. The van der Waals surface area contributed by atoms with E-state index < -0.39 is 0 Å². The molecule has 1 aromatic heterocycles. The van der Waals surface area contributed by atoms with Crippen LogP contribution in [0.1, 0.15) is 37.4 Å². The van der Waals surface area contributed by atoms with Gasteiger partial charge in [-0.05, 0) is 31.0 Å². The van der Waals surface area contributed by atoms with Crippen LogP contribution in [-0.4, -0.2) is 17.3 Å². The third kappa shape index (κ3) is 3.22. The van der Waals surface area contributed by atoms with Crippen molar-refractivity contribution in [3.63, 3.8) is 0 Å². The lowest BCUT2D eigenvalue weighted by Crippen LogP contribution is -2.34. The second-order valence-corrected chi connectivity index (χ2v) is 6.39. The van der Waals surface area contributed by atoms with E-state index in [9.17, 15) is 0 Å². The van der Waals surface area contributed by atoms with E-state index in [1.165, 1.54) is 0 Å². The topological polar surface area (TPSA) is 74.2 Å². The SMILES string of the molecule is COc1cccc(SCc2nc(C3(N)CCCC3)no2)c1. The number of hydrogen-bond acceptors (Lipinski definition) is 6. The molecule has 0 radical (unpaired) electrons. The Hall–Kier alpha value is -1.53. The minimum atomic E-state index is -0.387. The van der Waals surface area contributed by atoms with Gasteiger partial charge in [-0.25, -0.2) is 0 Å². The van der Waals surface area contributed by atoms with Crippen molar-refractivity contribution in [2.24, 2.45) is 5.73 Å². The van der Waals surface area contributed by atoms with E-state index in [0.29, 0.717) is 17.5 Å². The van der Waals surface area contributed by atoms with Crippen molar-refractivity contribution in [2.45, 2.75) is 41.9 Å². The fourth-order valence-electron chi connectivity index (χ4n) is 2.58. The number of nitrogens with two attached hydrogens (primary N) is 1. The first kappa shape index (κ1) is 14.4. The van der Waals surface area contributed by atoms with Crippen molar-refractivity contribution in [3.8, 4) is 5.75 Å². The Morgan fingerprint density at radius 2 is 2.19 bits per heavy atom. The number of thioether (sulfide) groups is 1. The van der Waals surface area contributed by atoms with Crippen LogP contribution in [0.3, 0.4) is 0 Å². The molecule has 0 unspecified atom stereocenters. The number of hydrogen-bond donors (Lipinski definition) is 1. The lowest BCUT2D eigenvalue weighted by molar-refractivity contribution is 0.355. The predicted molar refractivity (Wildman–Crippen MR) is 81.2 cm³/mol. The van der Waals surface area contributed by atoms with Crippen LogP contribution < -0.4 is 10.5 Å². The van der Waals surface area contributed by atoms with Gasteiger partial charge in [0.05, 0.1) is 18.4 Å². The summed E-state index contributed by atoms with van der Waals surface area (Å²) in [4.78, 5) is 5.58. The van der Waals surface area contributed by atoms with Crippen molar-refractivity contribution in [3.05, 3.63) is 36.0 Å². The summed E-state index contributed by atoms with van der Waals surface area (Å²) >= 11 is 1.64. The van der Waals surface area contributed by atoms with Gasteiger partial charge >= 0.3 is 0 Å². The highest BCUT2D eigenvalue weighted by Gasteiger charge is 2.35. The highest BCUT2D eigenvalue weighted by molar-refractivity contribution is 7.98. The fraction of sp³-hybridized carbons (Fsp3) is 0.467. The number of rotatable bonds is 5. The Morgan fingerprint density at radius 1 is 1.38 bits per heavy atom. The average molecular weight is 305 g/mol. The Balaban J connectivity index is 1.64. The van der Waals surface area contributed by atoms with Gasteiger partial charge in [0.25, 0.3) is 0 Å². The summed E-state index contributed by atoms with van der Waals surface area (Å²) in [6, 6.07) is 7.91. The standard InChI is InChI=1S/C15H19N3O2S/c1-19-11-5-4-6-12(9-11)21-10-13-17-14(18-20-13)15(16)7-2-3-8-15/h4-6,9H,2-3,7-8,10,16H2,1H3. The first-order chi connectivity index (χ1) is 10.2. The third-order valence-corrected chi connectivity index (χ3v) is 4.79. The number of aromatic nitrogens is 2. The summed E-state index contributed by atoms with van der Waals surface area (Å²) in [7, 11) is 1.66. The summed E-state index contributed by atoms with van der Waals surface area (Å²) < 4.78 is 10.5. The van der Waals surface area contributed by atoms with E-state index in [1.54, 1.807) is 18.9 Å². The van der Waals surface area contributed by atoms with E-state index in [1.807, 2.05) is 24.3 Å². The van der Waals surface area contributed by atoms with Crippen molar-refractivity contribution in [1.82, 2.24) is 10.1 Å². The van der Waals surface area contributed by atoms with Crippen LogP contribution >= 0.6 is 11.8 Å². The highest BCUT2D eigenvalue weighted by atomic mass is 32.2. The van der Waals surface area contributed by atoms with E-state index in [2.05, 4.69) is 10.1 Å². The first-order valence-electron chi connectivity index (χ1n) is 7.08. The summed E-state index contributed by atoms with van der Waals surface area (Å²) in [5, 5.41) is 4.07. The van der Waals surface area contributed by atoms with Crippen molar-refractivity contribution in [2.75, 3.05) is 7.11 Å². The van der Waals surface area contributed by atoms with Gasteiger partial charge in [-0.2, -0.15) is 4.98 Å². The van der Waals surface area contributed by atoms with Gasteiger partial charge in [-0.15, -0.1) is 11.8 Å². The van der Waals surface area contributed by atoms with Crippen LogP contribution in [0.25, 0.3) is 0 Å². The molecular formula is C15H19N3O2S. The molecule has 0 bridgehead atoms. The molecule has 5 nitrogen and oxygen atoms in total. The predicted octanol–water partition coefficient (Wildman–Crippen LogP) is 3.10. The zero-order chi connectivity index (χ0) is 14.7. The molecule has 1 aliphatic rings. The quantitative estimate of drug-likeness (QED) is 0.856. The van der Waals surface area contributed by atoms with Gasteiger partial charge in [0, 0.05) is 4.90 Å². The molecule has 0 spiro atoms. The van der Waals surface area contributed by atoms with Crippen LogP contribution in [0.4, 0.5) is 0 Å². The number of ether oxygens (including phenoxy) is 1. The van der Waals surface area contributed by atoms with Crippen LogP contribution in [0.5, 0.6) is 5.75 Å². The zero-order valence-corrected chi connectivity index (χ0v) is 12.9. The van der Waals surface area contributed by atoms with Gasteiger partial charge < -0.3 is 15.0 Å². The Kier molecular flexibility index (Phi) is 4.17. The summed E-state index contributed by atoms with van der Waals surface area (Å²) in [6.45, 7) is 0. The van der Waals surface area contributed by atoms with Gasteiger partial charge in [-0.3, -0.25) is 0 Å². The molecule has 21 heavy (non-hydrogen) atoms. The van der Waals surface area contributed by atoms with Gasteiger partial charge in [0.15, 0.2) is 5.82 Å². The van der Waals surface area contributed by atoms with Gasteiger partial charge in [-0.1, -0.05) is 24.1 Å². The summed E-state index contributed by atoms with van der Waals surface area (Å²) in [5.41, 5.74) is 5.94. The maximum absolute atomic E-state index is 6.33. The molecule has 0 aliphatic heterocycles. The Morgan fingerprint density at radius 3 is 2.95 bits per heavy atom. The Bertz CT molecular complexity index is 608. The van der Waals surface area contributed by atoms with E-state index in [4.69, 9.17) is 15.0 Å². The molecule has 1 fully saturated rings. The molecule has 6 heteroatoms.